The molecule has 0 aliphatic heterocycles. The number of hydrogen-bond donors (Lipinski definition) is 1. The van der Waals surface area contributed by atoms with Gasteiger partial charge in [-0.3, -0.25) is 4.79 Å². The van der Waals surface area contributed by atoms with Crippen molar-refractivity contribution in [3.63, 3.8) is 0 Å². The van der Waals surface area contributed by atoms with E-state index in [1.165, 1.54) is 16.9 Å². The number of nitrogens with one attached hydrogen (secondary N) is 1. The second-order valence-electron chi connectivity index (χ2n) is 5.18. The topological polar surface area (TPSA) is 55.1 Å². The van der Waals surface area contributed by atoms with Gasteiger partial charge in [0.25, 0.3) is 5.91 Å². The third-order valence-corrected chi connectivity index (χ3v) is 4.66. The maximum absolute atomic E-state index is 12.1. The number of fused-ring (bicyclic) bond motifs is 1. The average molecular weight is 276 g/mol. The Bertz CT molecular complexity index is 615. The fourth-order valence-corrected chi connectivity index (χ4v) is 3.52. The van der Waals surface area contributed by atoms with Gasteiger partial charge in [0, 0.05) is 10.9 Å². The first kappa shape index (κ1) is 12.4. The first-order chi connectivity index (χ1) is 9.11. The molecular formula is C14H16N2O2S. The van der Waals surface area contributed by atoms with Crippen LogP contribution in [0.15, 0.2) is 16.7 Å². The van der Waals surface area contributed by atoms with Crippen molar-refractivity contribution < 1.29 is 9.32 Å². The third-order valence-electron chi connectivity index (χ3n) is 3.42. The van der Waals surface area contributed by atoms with Crippen LogP contribution < -0.4 is 5.32 Å². The maximum Gasteiger partial charge on any atom is 0.266 e. The second kappa shape index (κ2) is 4.81. The summed E-state index contributed by atoms with van der Waals surface area (Å²) < 4.78 is 4.94. The summed E-state index contributed by atoms with van der Waals surface area (Å²) in [6, 6.07) is 3.74. The number of hydrogen-bond acceptors (Lipinski definition) is 4. The van der Waals surface area contributed by atoms with Gasteiger partial charge in [0.2, 0.25) is 0 Å². The Labute approximate surface area is 115 Å². The van der Waals surface area contributed by atoms with Crippen LogP contribution in [0.25, 0.3) is 0 Å². The molecule has 1 aliphatic rings. The van der Waals surface area contributed by atoms with E-state index >= 15 is 0 Å². The molecule has 3 rings (SSSR count). The van der Waals surface area contributed by atoms with Crippen molar-refractivity contribution in [2.24, 2.45) is 5.92 Å². The number of aromatic nitrogens is 1. The number of carbonyl (C=O) groups excluding carboxylic acids is 1. The van der Waals surface area contributed by atoms with E-state index < -0.39 is 0 Å². The smallest absolute Gasteiger partial charge is 0.266 e. The summed E-state index contributed by atoms with van der Waals surface area (Å²) in [5.41, 5.74) is 1.34. The number of thiophene rings is 1. The minimum absolute atomic E-state index is 0.0969. The van der Waals surface area contributed by atoms with Gasteiger partial charge in [0.05, 0.1) is 4.88 Å². The van der Waals surface area contributed by atoms with E-state index in [1.807, 2.05) is 6.07 Å². The average Bonchev–Trinajstić information content (AvgIpc) is 2.95. The van der Waals surface area contributed by atoms with Crippen LogP contribution in [0.5, 0.6) is 0 Å². The van der Waals surface area contributed by atoms with Crippen LogP contribution >= 0.6 is 11.3 Å². The summed E-state index contributed by atoms with van der Waals surface area (Å²) in [4.78, 5) is 14.3. The lowest BCUT2D eigenvalue weighted by Crippen LogP contribution is -2.10. The molecule has 5 heteroatoms. The molecule has 0 saturated heterocycles. The lowest BCUT2D eigenvalue weighted by atomic mass is 9.90. The Morgan fingerprint density at radius 2 is 2.37 bits per heavy atom. The zero-order chi connectivity index (χ0) is 13.4. The predicted octanol–water partition coefficient (Wildman–Crippen LogP) is 3.42. The molecule has 19 heavy (non-hydrogen) atoms. The van der Waals surface area contributed by atoms with Crippen LogP contribution in [-0.2, 0) is 12.8 Å². The molecule has 2 heterocycles. The van der Waals surface area contributed by atoms with Gasteiger partial charge in [0.1, 0.15) is 5.76 Å². The van der Waals surface area contributed by atoms with Gasteiger partial charge in [-0.1, -0.05) is 12.1 Å². The molecule has 4 nitrogen and oxygen atoms in total. The van der Waals surface area contributed by atoms with Crippen molar-refractivity contribution in [2.75, 3.05) is 5.32 Å². The van der Waals surface area contributed by atoms with Gasteiger partial charge >= 0.3 is 0 Å². The third kappa shape index (κ3) is 2.56. The molecule has 0 saturated carbocycles. The molecule has 0 fully saturated rings. The number of anilines is 1. The SMILES string of the molecule is Cc1cc(NC(=O)c2cc3c(s2)CCC(C)C3)no1. The van der Waals surface area contributed by atoms with E-state index in [9.17, 15) is 4.79 Å². The quantitative estimate of drug-likeness (QED) is 0.914. The van der Waals surface area contributed by atoms with Crippen LogP contribution in [0, 0.1) is 12.8 Å². The van der Waals surface area contributed by atoms with E-state index in [-0.39, 0.29) is 5.91 Å². The van der Waals surface area contributed by atoms with Crippen molar-refractivity contribution in [3.05, 3.63) is 33.2 Å². The molecule has 0 spiro atoms. The molecule has 100 valence electrons. The largest absolute Gasteiger partial charge is 0.360 e. The summed E-state index contributed by atoms with van der Waals surface area (Å²) in [5, 5.41) is 6.54. The lowest BCUT2D eigenvalue weighted by Gasteiger charge is -2.16. The lowest BCUT2D eigenvalue weighted by molar-refractivity contribution is 0.102. The molecule has 1 unspecified atom stereocenters. The summed E-state index contributed by atoms with van der Waals surface area (Å²) in [5.74, 6) is 1.79. The molecule has 1 aliphatic carbocycles. The number of rotatable bonds is 2. The van der Waals surface area contributed by atoms with Gasteiger partial charge in [-0.15, -0.1) is 11.3 Å². The van der Waals surface area contributed by atoms with Crippen molar-refractivity contribution in [3.8, 4) is 0 Å². The second-order valence-corrected chi connectivity index (χ2v) is 6.32. The highest BCUT2D eigenvalue weighted by atomic mass is 32.1. The Balaban J connectivity index is 1.77. The molecular weight excluding hydrogens is 260 g/mol. The van der Waals surface area contributed by atoms with Crippen LogP contribution in [0.4, 0.5) is 5.82 Å². The zero-order valence-electron chi connectivity index (χ0n) is 11.0. The Hall–Kier alpha value is -1.62. The Morgan fingerprint density at radius 1 is 1.53 bits per heavy atom. The van der Waals surface area contributed by atoms with Gasteiger partial charge in [-0.2, -0.15) is 0 Å². The van der Waals surface area contributed by atoms with E-state index in [0.717, 1.165) is 23.6 Å². The van der Waals surface area contributed by atoms with E-state index in [2.05, 4.69) is 17.4 Å². The maximum atomic E-state index is 12.1. The highest BCUT2D eigenvalue weighted by Crippen LogP contribution is 2.32. The van der Waals surface area contributed by atoms with Crippen molar-refractivity contribution >= 4 is 23.1 Å². The van der Waals surface area contributed by atoms with Gasteiger partial charge in [0.15, 0.2) is 5.82 Å². The van der Waals surface area contributed by atoms with E-state index in [0.29, 0.717) is 11.6 Å². The van der Waals surface area contributed by atoms with Crippen LogP contribution in [0.1, 0.15) is 39.2 Å². The predicted molar refractivity (Wildman–Crippen MR) is 74.7 cm³/mol. The van der Waals surface area contributed by atoms with Crippen LogP contribution in [0.3, 0.4) is 0 Å². The monoisotopic (exact) mass is 276 g/mol. The molecule has 2 aromatic heterocycles. The Kier molecular flexibility index (Phi) is 3.14. The van der Waals surface area contributed by atoms with Gasteiger partial charge < -0.3 is 9.84 Å². The summed E-state index contributed by atoms with van der Waals surface area (Å²) >= 11 is 1.60. The molecule has 2 aromatic rings. The van der Waals surface area contributed by atoms with Crippen molar-refractivity contribution in [1.29, 1.82) is 0 Å². The van der Waals surface area contributed by atoms with Crippen molar-refractivity contribution in [1.82, 2.24) is 5.16 Å². The number of aryl methyl sites for hydroxylation is 2. The van der Waals surface area contributed by atoms with Gasteiger partial charge in [-0.05, 0) is 43.7 Å². The number of amides is 1. The number of carbonyl (C=O) groups is 1. The summed E-state index contributed by atoms with van der Waals surface area (Å²) in [7, 11) is 0. The van der Waals surface area contributed by atoms with E-state index in [4.69, 9.17) is 4.52 Å². The summed E-state index contributed by atoms with van der Waals surface area (Å²) in [6.45, 7) is 4.06. The molecule has 1 N–H and O–H groups in total. The van der Waals surface area contributed by atoms with Gasteiger partial charge in [-0.25, -0.2) is 0 Å². The first-order valence-corrected chi connectivity index (χ1v) is 7.29. The molecule has 0 bridgehead atoms. The molecule has 1 atom stereocenters. The zero-order valence-corrected chi connectivity index (χ0v) is 11.8. The highest BCUT2D eigenvalue weighted by molar-refractivity contribution is 7.14. The first-order valence-electron chi connectivity index (χ1n) is 6.48. The fraction of sp³-hybridized carbons (Fsp3) is 0.429. The minimum Gasteiger partial charge on any atom is -0.360 e. The standard InChI is InChI=1S/C14H16N2O2S/c1-8-3-4-11-10(5-8)7-12(19-11)14(17)15-13-6-9(2)18-16-13/h6-8H,3-5H2,1-2H3,(H,15,16,17). The molecule has 1 amide bonds. The van der Waals surface area contributed by atoms with Crippen LogP contribution in [-0.4, -0.2) is 11.1 Å². The minimum atomic E-state index is -0.0969. The molecule has 0 aromatic carbocycles. The molecule has 0 radical (unpaired) electrons. The normalized spacial score (nSPS) is 18.1. The highest BCUT2D eigenvalue weighted by Gasteiger charge is 2.21. The van der Waals surface area contributed by atoms with E-state index in [1.54, 1.807) is 24.3 Å². The van der Waals surface area contributed by atoms with Crippen LogP contribution in [0.2, 0.25) is 0 Å². The summed E-state index contributed by atoms with van der Waals surface area (Å²) in [6.07, 6.45) is 3.40. The fourth-order valence-electron chi connectivity index (χ4n) is 2.42. The Morgan fingerprint density at radius 3 is 3.11 bits per heavy atom. The van der Waals surface area contributed by atoms with Crippen molar-refractivity contribution in [2.45, 2.75) is 33.1 Å². The number of nitrogens with zero attached hydrogens (tertiary/aromatic N) is 1.